The van der Waals surface area contributed by atoms with E-state index in [1.54, 1.807) is 10.4 Å². The third-order valence-electron chi connectivity index (χ3n) is 4.89. The van der Waals surface area contributed by atoms with Crippen LogP contribution in [0.5, 0.6) is 0 Å². The molecular weight excluding hydrogens is 294 g/mol. The number of fused-ring (bicyclic) bond motifs is 2. The topological polar surface area (TPSA) is 37.4 Å². The molecule has 114 valence electrons. The van der Waals surface area contributed by atoms with Gasteiger partial charge in [-0.05, 0) is 42.9 Å². The smallest absolute Gasteiger partial charge is 0.207 e. The van der Waals surface area contributed by atoms with Crippen LogP contribution in [-0.2, 0) is 16.4 Å². The van der Waals surface area contributed by atoms with Crippen molar-refractivity contribution in [2.45, 2.75) is 36.6 Å². The number of nitrogens with zero attached hydrogens (tertiary/aromatic N) is 1. The Kier molecular flexibility index (Phi) is 3.13. The Morgan fingerprint density at radius 2 is 1.86 bits per heavy atom. The van der Waals surface area contributed by atoms with E-state index in [2.05, 4.69) is 12.1 Å². The van der Waals surface area contributed by atoms with E-state index >= 15 is 0 Å². The third-order valence-corrected chi connectivity index (χ3v) is 6.91. The predicted octanol–water partition coefficient (Wildman–Crippen LogP) is 3.10. The summed E-state index contributed by atoms with van der Waals surface area (Å²) in [6, 6.07) is 16.1. The molecule has 0 radical (unpaired) electrons. The zero-order valence-corrected chi connectivity index (χ0v) is 13.4. The summed E-state index contributed by atoms with van der Waals surface area (Å²) in [7, 11) is -3.34. The van der Waals surface area contributed by atoms with Gasteiger partial charge in [-0.15, -0.1) is 0 Å². The predicted molar refractivity (Wildman–Crippen MR) is 86.4 cm³/mol. The average molecular weight is 313 g/mol. The fourth-order valence-corrected chi connectivity index (χ4v) is 5.73. The molecule has 0 aliphatic carbocycles. The monoisotopic (exact) mass is 313 g/mol. The zero-order chi connectivity index (χ0) is 15.3. The highest BCUT2D eigenvalue weighted by molar-refractivity contribution is 7.89. The summed E-state index contributed by atoms with van der Waals surface area (Å²) >= 11 is 0. The Hall–Kier alpha value is -1.65. The van der Waals surface area contributed by atoms with Crippen molar-refractivity contribution in [2.75, 3.05) is 6.54 Å². The number of benzene rings is 2. The SMILES string of the molecule is Cc1ccc2c(c1)C[C@H]1C[C@H](c3ccccc3)CN1S2(=O)=O. The molecule has 0 spiro atoms. The van der Waals surface area contributed by atoms with Gasteiger partial charge in [-0.25, -0.2) is 8.42 Å². The number of aryl methyl sites for hydroxylation is 1. The van der Waals surface area contributed by atoms with Crippen LogP contribution in [0.3, 0.4) is 0 Å². The van der Waals surface area contributed by atoms with Crippen molar-refractivity contribution >= 4 is 10.0 Å². The molecule has 2 heterocycles. The van der Waals surface area contributed by atoms with Gasteiger partial charge in [0.2, 0.25) is 10.0 Å². The van der Waals surface area contributed by atoms with E-state index in [4.69, 9.17) is 0 Å². The summed E-state index contributed by atoms with van der Waals surface area (Å²) in [6.45, 7) is 2.62. The third kappa shape index (κ3) is 2.09. The average Bonchev–Trinajstić information content (AvgIpc) is 2.93. The summed E-state index contributed by atoms with van der Waals surface area (Å²) in [4.78, 5) is 0.503. The van der Waals surface area contributed by atoms with Gasteiger partial charge in [0.25, 0.3) is 0 Å². The first-order chi connectivity index (χ1) is 10.6. The van der Waals surface area contributed by atoms with Crippen molar-refractivity contribution < 1.29 is 8.42 Å². The Balaban J connectivity index is 1.73. The lowest BCUT2D eigenvalue weighted by atomic mass is 9.94. The Labute approximate surface area is 131 Å². The van der Waals surface area contributed by atoms with Crippen LogP contribution in [0.4, 0.5) is 0 Å². The molecule has 4 rings (SSSR count). The molecule has 0 saturated carbocycles. The van der Waals surface area contributed by atoms with E-state index in [0.717, 1.165) is 24.0 Å². The number of hydrogen-bond acceptors (Lipinski definition) is 2. The molecular formula is C18H19NO2S. The maximum Gasteiger partial charge on any atom is 0.243 e. The fourth-order valence-electron chi connectivity index (χ4n) is 3.83. The first-order valence-electron chi connectivity index (χ1n) is 7.72. The first kappa shape index (κ1) is 14.0. The van der Waals surface area contributed by atoms with Gasteiger partial charge >= 0.3 is 0 Å². The lowest BCUT2D eigenvalue weighted by Gasteiger charge is -2.30. The first-order valence-corrected chi connectivity index (χ1v) is 9.16. The fraction of sp³-hybridized carbons (Fsp3) is 0.333. The largest absolute Gasteiger partial charge is 0.243 e. The summed E-state index contributed by atoms with van der Waals surface area (Å²) in [5, 5.41) is 0. The lowest BCUT2D eigenvalue weighted by molar-refractivity contribution is 0.370. The van der Waals surface area contributed by atoms with Crippen LogP contribution in [0.25, 0.3) is 0 Å². The number of rotatable bonds is 1. The zero-order valence-electron chi connectivity index (χ0n) is 12.6. The van der Waals surface area contributed by atoms with Crippen LogP contribution >= 0.6 is 0 Å². The van der Waals surface area contributed by atoms with Crippen molar-refractivity contribution in [1.29, 1.82) is 0 Å². The van der Waals surface area contributed by atoms with E-state index in [1.807, 2.05) is 37.3 Å². The molecule has 4 heteroatoms. The summed E-state index contributed by atoms with van der Waals surface area (Å²) in [5.41, 5.74) is 3.35. The molecule has 2 aliphatic rings. The second-order valence-electron chi connectivity index (χ2n) is 6.39. The highest BCUT2D eigenvalue weighted by Crippen LogP contribution is 2.41. The molecule has 2 atom stereocenters. The molecule has 1 saturated heterocycles. The van der Waals surface area contributed by atoms with E-state index in [0.29, 0.717) is 17.4 Å². The minimum Gasteiger partial charge on any atom is -0.207 e. The maximum absolute atomic E-state index is 12.9. The van der Waals surface area contributed by atoms with Crippen molar-refractivity contribution in [3.63, 3.8) is 0 Å². The summed E-state index contributed by atoms with van der Waals surface area (Å²) in [5.74, 6) is 0.302. The van der Waals surface area contributed by atoms with Crippen LogP contribution in [0.2, 0.25) is 0 Å². The van der Waals surface area contributed by atoms with E-state index in [1.165, 1.54) is 5.56 Å². The molecule has 1 fully saturated rings. The normalized spacial score (nSPS) is 26.4. The molecule has 0 aromatic heterocycles. The van der Waals surface area contributed by atoms with Crippen LogP contribution in [0, 0.1) is 6.92 Å². The van der Waals surface area contributed by atoms with Crippen LogP contribution < -0.4 is 0 Å². The van der Waals surface area contributed by atoms with E-state index in [9.17, 15) is 8.42 Å². The van der Waals surface area contributed by atoms with Gasteiger partial charge in [0, 0.05) is 12.6 Å². The molecule has 22 heavy (non-hydrogen) atoms. The van der Waals surface area contributed by atoms with Crippen molar-refractivity contribution in [3.05, 3.63) is 65.2 Å². The van der Waals surface area contributed by atoms with Crippen LogP contribution in [0.1, 0.15) is 29.0 Å². The standard InChI is InChI=1S/C18H19NO2S/c1-13-7-8-18-15(9-13)10-17-11-16(12-19(17)22(18,20)21)14-5-3-2-4-6-14/h2-9,16-17H,10-12H2,1H3/t16-,17-/m0/s1. The Morgan fingerprint density at radius 3 is 2.64 bits per heavy atom. The minimum absolute atomic E-state index is 0.101. The molecule has 2 aromatic rings. The van der Waals surface area contributed by atoms with E-state index in [-0.39, 0.29) is 6.04 Å². The molecule has 2 aromatic carbocycles. The van der Waals surface area contributed by atoms with Gasteiger partial charge in [0.1, 0.15) is 0 Å². The maximum atomic E-state index is 12.9. The van der Waals surface area contributed by atoms with Crippen molar-refractivity contribution in [3.8, 4) is 0 Å². The van der Waals surface area contributed by atoms with Crippen LogP contribution in [0.15, 0.2) is 53.4 Å². The van der Waals surface area contributed by atoms with Gasteiger partial charge in [0.15, 0.2) is 0 Å². The lowest BCUT2D eigenvalue weighted by Crippen LogP contribution is -2.41. The molecule has 0 bridgehead atoms. The van der Waals surface area contributed by atoms with Crippen molar-refractivity contribution in [2.24, 2.45) is 0 Å². The van der Waals surface area contributed by atoms with Gasteiger partial charge in [-0.2, -0.15) is 4.31 Å². The quantitative estimate of drug-likeness (QED) is 0.811. The number of sulfonamides is 1. The molecule has 0 amide bonds. The minimum atomic E-state index is -3.34. The Bertz CT molecular complexity index is 814. The molecule has 0 unspecified atom stereocenters. The second-order valence-corrected chi connectivity index (χ2v) is 8.25. The van der Waals surface area contributed by atoms with Crippen LogP contribution in [-0.4, -0.2) is 25.3 Å². The summed E-state index contributed by atoms with van der Waals surface area (Å²) < 4.78 is 27.5. The van der Waals surface area contributed by atoms with Gasteiger partial charge in [0.05, 0.1) is 4.90 Å². The molecule has 3 nitrogen and oxygen atoms in total. The van der Waals surface area contributed by atoms with Gasteiger partial charge in [-0.1, -0.05) is 48.0 Å². The van der Waals surface area contributed by atoms with Gasteiger partial charge < -0.3 is 0 Å². The number of hydrogen-bond donors (Lipinski definition) is 0. The second kappa shape index (κ2) is 4.93. The Morgan fingerprint density at radius 1 is 1.09 bits per heavy atom. The van der Waals surface area contributed by atoms with Crippen molar-refractivity contribution in [1.82, 2.24) is 4.31 Å². The molecule has 2 aliphatic heterocycles. The highest BCUT2D eigenvalue weighted by atomic mass is 32.2. The van der Waals surface area contributed by atoms with E-state index < -0.39 is 10.0 Å². The highest BCUT2D eigenvalue weighted by Gasteiger charge is 2.44. The molecule has 0 N–H and O–H groups in total. The van der Waals surface area contributed by atoms with Gasteiger partial charge in [-0.3, -0.25) is 0 Å². The summed E-state index contributed by atoms with van der Waals surface area (Å²) in [6.07, 6.45) is 1.75.